The molecular weight excluding hydrogens is 210 g/mol. The lowest BCUT2D eigenvalue weighted by Crippen LogP contribution is -2.36. The van der Waals surface area contributed by atoms with Crippen LogP contribution in [0.2, 0.25) is 0 Å². The minimum Gasteiger partial charge on any atom is -0.381 e. The minimum atomic E-state index is 0.277. The predicted octanol–water partition coefficient (Wildman–Crippen LogP) is 2.60. The molecule has 1 fully saturated rings. The van der Waals surface area contributed by atoms with Gasteiger partial charge in [-0.25, -0.2) is 0 Å². The summed E-state index contributed by atoms with van der Waals surface area (Å²) in [6.07, 6.45) is 3.24. The van der Waals surface area contributed by atoms with E-state index in [0.717, 1.165) is 32.5 Å². The summed E-state index contributed by atoms with van der Waals surface area (Å²) in [6.45, 7) is 6.12. The molecule has 1 aromatic rings. The zero-order chi connectivity index (χ0) is 12.3. The molecule has 0 bridgehead atoms. The summed E-state index contributed by atoms with van der Waals surface area (Å²) in [7, 11) is 0. The molecule has 1 heterocycles. The fourth-order valence-corrected chi connectivity index (χ4v) is 2.72. The molecule has 0 radical (unpaired) electrons. The summed E-state index contributed by atoms with van der Waals surface area (Å²) in [4.78, 5) is 0. The maximum absolute atomic E-state index is 6.36. The summed E-state index contributed by atoms with van der Waals surface area (Å²) in [5.41, 5.74) is 10.5. The zero-order valence-corrected chi connectivity index (χ0v) is 10.9. The van der Waals surface area contributed by atoms with Crippen LogP contribution in [0.3, 0.4) is 0 Å². The lowest BCUT2D eigenvalue weighted by Gasteiger charge is -2.28. The molecule has 1 unspecified atom stereocenters. The van der Waals surface area contributed by atoms with E-state index in [9.17, 15) is 0 Å². The number of benzene rings is 1. The summed E-state index contributed by atoms with van der Waals surface area (Å²) >= 11 is 0. The van der Waals surface area contributed by atoms with Crippen molar-refractivity contribution in [2.75, 3.05) is 13.2 Å². The number of rotatable bonds is 3. The molecule has 0 aromatic heterocycles. The Balaban J connectivity index is 2.04. The van der Waals surface area contributed by atoms with Crippen molar-refractivity contribution < 1.29 is 4.74 Å². The topological polar surface area (TPSA) is 35.2 Å². The summed E-state index contributed by atoms with van der Waals surface area (Å²) in [5, 5.41) is 0. The first-order chi connectivity index (χ1) is 8.18. The van der Waals surface area contributed by atoms with Gasteiger partial charge in [-0.3, -0.25) is 0 Å². The monoisotopic (exact) mass is 233 g/mol. The quantitative estimate of drug-likeness (QED) is 0.871. The molecular formula is C15H23NO. The van der Waals surface area contributed by atoms with Gasteiger partial charge in [-0.05, 0) is 55.7 Å². The molecule has 0 spiro atoms. The van der Waals surface area contributed by atoms with Crippen LogP contribution in [0.4, 0.5) is 0 Å². The molecule has 1 aromatic carbocycles. The number of hydrogen-bond acceptors (Lipinski definition) is 2. The van der Waals surface area contributed by atoms with Gasteiger partial charge in [0.1, 0.15) is 0 Å². The van der Waals surface area contributed by atoms with Crippen molar-refractivity contribution in [3.8, 4) is 0 Å². The van der Waals surface area contributed by atoms with Gasteiger partial charge in [-0.2, -0.15) is 0 Å². The lowest BCUT2D eigenvalue weighted by atomic mass is 9.86. The molecule has 0 aliphatic carbocycles. The van der Waals surface area contributed by atoms with Crippen molar-refractivity contribution in [1.82, 2.24) is 0 Å². The fraction of sp³-hybridized carbons (Fsp3) is 0.600. The van der Waals surface area contributed by atoms with Crippen LogP contribution in [0.15, 0.2) is 18.2 Å². The van der Waals surface area contributed by atoms with Gasteiger partial charge in [0.2, 0.25) is 0 Å². The summed E-state index contributed by atoms with van der Waals surface area (Å²) < 4.78 is 5.39. The summed E-state index contributed by atoms with van der Waals surface area (Å²) in [5.74, 6) is 0.628. The van der Waals surface area contributed by atoms with E-state index in [-0.39, 0.29) is 6.04 Å². The van der Waals surface area contributed by atoms with Gasteiger partial charge in [0, 0.05) is 19.3 Å². The molecule has 1 saturated heterocycles. The van der Waals surface area contributed by atoms with Gasteiger partial charge >= 0.3 is 0 Å². The lowest BCUT2D eigenvalue weighted by molar-refractivity contribution is 0.0584. The van der Waals surface area contributed by atoms with Crippen LogP contribution in [0.5, 0.6) is 0 Å². The Morgan fingerprint density at radius 3 is 2.41 bits per heavy atom. The minimum absolute atomic E-state index is 0.277. The standard InChI is InChI=1S/C15H23NO/c1-11-4-3-5-12(2)14(11)10-15(16)13-6-8-17-9-7-13/h3-5,13,15H,6-10,16H2,1-2H3. The van der Waals surface area contributed by atoms with Crippen LogP contribution in [0.25, 0.3) is 0 Å². The molecule has 1 aliphatic rings. The van der Waals surface area contributed by atoms with Gasteiger partial charge in [0.25, 0.3) is 0 Å². The molecule has 0 amide bonds. The van der Waals surface area contributed by atoms with Crippen LogP contribution in [-0.2, 0) is 11.2 Å². The largest absolute Gasteiger partial charge is 0.381 e. The smallest absolute Gasteiger partial charge is 0.0469 e. The molecule has 2 heteroatoms. The van der Waals surface area contributed by atoms with E-state index in [1.165, 1.54) is 16.7 Å². The van der Waals surface area contributed by atoms with E-state index in [0.29, 0.717) is 5.92 Å². The fourth-order valence-electron chi connectivity index (χ4n) is 2.72. The highest BCUT2D eigenvalue weighted by Gasteiger charge is 2.21. The SMILES string of the molecule is Cc1cccc(C)c1CC(N)C1CCOCC1. The van der Waals surface area contributed by atoms with Crippen molar-refractivity contribution in [3.05, 3.63) is 34.9 Å². The number of nitrogens with two attached hydrogens (primary N) is 1. The molecule has 1 atom stereocenters. The molecule has 1 aliphatic heterocycles. The molecule has 17 heavy (non-hydrogen) atoms. The maximum Gasteiger partial charge on any atom is 0.0469 e. The highest BCUT2D eigenvalue weighted by molar-refractivity contribution is 5.34. The Labute approximate surface area is 104 Å². The highest BCUT2D eigenvalue weighted by Crippen LogP contribution is 2.22. The van der Waals surface area contributed by atoms with Crippen molar-refractivity contribution in [2.45, 2.75) is 39.2 Å². The van der Waals surface area contributed by atoms with Gasteiger partial charge < -0.3 is 10.5 Å². The van der Waals surface area contributed by atoms with Crippen molar-refractivity contribution in [2.24, 2.45) is 11.7 Å². The normalized spacial score (nSPS) is 19.2. The van der Waals surface area contributed by atoms with Crippen LogP contribution in [0, 0.1) is 19.8 Å². The summed E-state index contributed by atoms with van der Waals surface area (Å²) in [6, 6.07) is 6.75. The molecule has 2 nitrogen and oxygen atoms in total. The molecule has 2 N–H and O–H groups in total. The first-order valence-electron chi connectivity index (χ1n) is 6.57. The van der Waals surface area contributed by atoms with Crippen molar-refractivity contribution in [1.29, 1.82) is 0 Å². The Morgan fingerprint density at radius 1 is 1.24 bits per heavy atom. The Hall–Kier alpha value is -0.860. The van der Waals surface area contributed by atoms with Crippen molar-refractivity contribution in [3.63, 3.8) is 0 Å². The van der Waals surface area contributed by atoms with Crippen LogP contribution in [-0.4, -0.2) is 19.3 Å². The first-order valence-corrected chi connectivity index (χ1v) is 6.57. The molecule has 94 valence electrons. The van der Waals surface area contributed by atoms with Crippen LogP contribution < -0.4 is 5.73 Å². The maximum atomic E-state index is 6.36. The third-order valence-corrected chi connectivity index (χ3v) is 3.96. The Kier molecular flexibility index (Phi) is 4.19. The van der Waals surface area contributed by atoms with E-state index in [1.54, 1.807) is 0 Å². The van der Waals surface area contributed by atoms with Crippen molar-refractivity contribution >= 4 is 0 Å². The second-order valence-electron chi connectivity index (χ2n) is 5.19. The van der Waals surface area contributed by atoms with E-state index < -0.39 is 0 Å². The van der Waals surface area contributed by atoms with Crippen LogP contribution >= 0.6 is 0 Å². The second-order valence-corrected chi connectivity index (χ2v) is 5.19. The third kappa shape index (κ3) is 3.08. The highest BCUT2D eigenvalue weighted by atomic mass is 16.5. The van der Waals surface area contributed by atoms with E-state index >= 15 is 0 Å². The van der Waals surface area contributed by atoms with Gasteiger partial charge in [0.15, 0.2) is 0 Å². The van der Waals surface area contributed by atoms with E-state index in [1.807, 2.05) is 0 Å². The average Bonchev–Trinajstić information content (AvgIpc) is 2.35. The first kappa shape index (κ1) is 12.6. The van der Waals surface area contributed by atoms with Gasteiger partial charge in [-0.1, -0.05) is 18.2 Å². The Bertz CT molecular complexity index is 349. The third-order valence-electron chi connectivity index (χ3n) is 3.96. The number of ether oxygens (including phenoxy) is 1. The second kappa shape index (κ2) is 5.65. The average molecular weight is 233 g/mol. The van der Waals surface area contributed by atoms with E-state index in [2.05, 4.69) is 32.0 Å². The van der Waals surface area contributed by atoms with E-state index in [4.69, 9.17) is 10.5 Å². The van der Waals surface area contributed by atoms with Crippen LogP contribution in [0.1, 0.15) is 29.5 Å². The van der Waals surface area contributed by atoms with Gasteiger partial charge in [-0.15, -0.1) is 0 Å². The zero-order valence-electron chi connectivity index (χ0n) is 10.9. The molecule has 0 saturated carbocycles. The number of aryl methyl sites for hydroxylation is 2. The molecule has 2 rings (SSSR count). The predicted molar refractivity (Wildman–Crippen MR) is 71.1 cm³/mol. The van der Waals surface area contributed by atoms with Gasteiger partial charge in [0.05, 0.1) is 0 Å². The Morgan fingerprint density at radius 2 is 1.82 bits per heavy atom. The number of hydrogen-bond donors (Lipinski definition) is 1.